The summed E-state index contributed by atoms with van der Waals surface area (Å²) in [6, 6.07) is 13.4. The molecule has 2 aromatic carbocycles. The van der Waals surface area contributed by atoms with Crippen molar-refractivity contribution in [2.45, 2.75) is 19.8 Å². The van der Waals surface area contributed by atoms with E-state index in [0.717, 1.165) is 11.1 Å². The minimum absolute atomic E-state index is 0.00420. The number of alkyl halides is 1. The molecule has 0 fully saturated rings. The van der Waals surface area contributed by atoms with Gasteiger partial charge in [0.1, 0.15) is 30.4 Å². The van der Waals surface area contributed by atoms with Crippen molar-refractivity contribution in [2.24, 2.45) is 0 Å². The first kappa shape index (κ1) is 25.2. The fraction of sp³-hybridized carbons (Fsp3) is 0.269. The molecule has 0 radical (unpaired) electrons. The van der Waals surface area contributed by atoms with E-state index in [-0.39, 0.29) is 36.7 Å². The van der Waals surface area contributed by atoms with Crippen LogP contribution in [0, 0.1) is 6.92 Å². The number of aromatic nitrogens is 1. The highest BCUT2D eigenvalue weighted by Crippen LogP contribution is 2.31. The zero-order valence-electron chi connectivity index (χ0n) is 19.2. The van der Waals surface area contributed by atoms with Gasteiger partial charge < -0.3 is 14.2 Å². The Hall–Kier alpha value is -3.45. The summed E-state index contributed by atoms with van der Waals surface area (Å²) in [4.78, 5) is 30.0. The topological polar surface area (TPSA) is 74.7 Å². The Bertz CT molecular complexity index is 1200. The minimum atomic E-state index is -0.634. The van der Waals surface area contributed by atoms with E-state index in [4.69, 9.17) is 25.8 Å². The van der Waals surface area contributed by atoms with E-state index in [0.29, 0.717) is 33.5 Å². The second kappa shape index (κ2) is 11.6. The summed E-state index contributed by atoms with van der Waals surface area (Å²) < 4.78 is 28.3. The molecular weight excluding hydrogens is 461 g/mol. The number of aryl methyl sites for hydroxylation is 1. The van der Waals surface area contributed by atoms with E-state index < -0.39 is 6.67 Å². The summed E-state index contributed by atoms with van der Waals surface area (Å²) in [7, 11) is 2.97. The zero-order chi connectivity index (χ0) is 24.7. The lowest BCUT2D eigenvalue weighted by Gasteiger charge is -2.11. The van der Waals surface area contributed by atoms with Gasteiger partial charge in [-0.05, 0) is 55.0 Å². The van der Waals surface area contributed by atoms with Gasteiger partial charge in [-0.2, -0.15) is 0 Å². The summed E-state index contributed by atoms with van der Waals surface area (Å²) in [6.45, 7) is 1.14. The number of hydrogen-bond donors (Lipinski definition) is 0. The molecule has 3 rings (SSSR count). The monoisotopic (exact) mass is 485 g/mol. The smallest absolute Gasteiger partial charge is 0.181 e. The zero-order valence-corrected chi connectivity index (χ0v) is 19.9. The summed E-state index contributed by atoms with van der Waals surface area (Å²) >= 11 is 6.13. The highest BCUT2D eigenvalue weighted by molar-refractivity contribution is 6.31. The summed E-state index contributed by atoms with van der Waals surface area (Å²) in [5.74, 6) is 0.700. The Balaban J connectivity index is 1.74. The number of rotatable bonds is 11. The third kappa shape index (κ3) is 5.91. The fourth-order valence-electron chi connectivity index (χ4n) is 3.37. The van der Waals surface area contributed by atoms with Gasteiger partial charge in [-0.15, -0.1) is 0 Å². The van der Waals surface area contributed by atoms with E-state index in [1.165, 1.54) is 20.3 Å². The molecule has 6 nitrogen and oxygen atoms in total. The molecule has 0 spiro atoms. The average molecular weight is 486 g/mol. The van der Waals surface area contributed by atoms with Crippen LogP contribution < -0.4 is 14.2 Å². The Morgan fingerprint density at radius 2 is 1.62 bits per heavy atom. The van der Waals surface area contributed by atoms with Crippen LogP contribution in [-0.2, 0) is 0 Å². The predicted octanol–water partition coefficient (Wildman–Crippen LogP) is 5.92. The molecule has 178 valence electrons. The number of methoxy groups -OCH3 is 2. The molecule has 34 heavy (non-hydrogen) atoms. The van der Waals surface area contributed by atoms with Gasteiger partial charge in [0.2, 0.25) is 0 Å². The van der Waals surface area contributed by atoms with Crippen molar-refractivity contribution in [3.8, 4) is 28.5 Å². The van der Waals surface area contributed by atoms with Gasteiger partial charge >= 0.3 is 0 Å². The highest BCUT2D eigenvalue weighted by atomic mass is 35.5. The van der Waals surface area contributed by atoms with E-state index >= 15 is 0 Å². The number of carbonyl (C=O) groups is 2. The van der Waals surface area contributed by atoms with Crippen molar-refractivity contribution in [3.05, 3.63) is 70.4 Å². The summed E-state index contributed by atoms with van der Waals surface area (Å²) in [5.41, 5.74) is 2.78. The maximum absolute atomic E-state index is 12.8. The third-order valence-corrected chi connectivity index (χ3v) is 5.62. The first-order valence-electron chi connectivity index (χ1n) is 10.6. The number of pyridine rings is 1. The van der Waals surface area contributed by atoms with Gasteiger partial charge in [0, 0.05) is 29.0 Å². The number of nitrogens with zero attached hydrogens (tertiary/aromatic N) is 1. The van der Waals surface area contributed by atoms with Crippen molar-refractivity contribution in [3.63, 3.8) is 0 Å². The molecule has 8 heteroatoms. The van der Waals surface area contributed by atoms with Crippen LogP contribution >= 0.6 is 11.6 Å². The molecule has 0 aliphatic heterocycles. The molecule has 0 aliphatic rings. The second-order valence-corrected chi connectivity index (χ2v) is 7.87. The van der Waals surface area contributed by atoms with E-state index in [9.17, 15) is 14.0 Å². The number of ether oxygens (including phenoxy) is 3. The largest absolute Gasteiger partial charge is 0.494 e. The summed E-state index contributed by atoms with van der Waals surface area (Å²) in [6.07, 6.45) is -0.0184. The van der Waals surface area contributed by atoms with E-state index in [2.05, 4.69) is 4.98 Å². The molecule has 0 aliphatic carbocycles. The van der Waals surface area contributed by atoms with Crippen molar-refractivity contribution in [1.82, 2.24) is 4.98 Å². The minimum Gasteiger partial charge on any atom is -0.494 e. The first-order valence-corrected chi connectivity index (χ1v) is 11.0. The number of carbonyl (C=O) groups excluding carboxylic acids is 2. The van der Waals surface area contributed by atoms with Gasteiger partial charge in [0.05, 0.1) is 14.2 Å². The molecule has 1 heterocycles. The first-order chi connectivity index (χ1) is 16.4. The van der Waals surface area contributed by atoms with Crippen LogP contribution in [0.5, 0.6) is 17.2 Å². The van der Waals surface area contributed by atoms with Crippen LogP contribution in [0.25, 0.3) is 11.3 Å². The second-order valence-electron chi connectivity index (χ2n) is 7.46. The molecular formula is C26H25ClFNO5. The van der Waals surface area contributed by atoms with E-state index in [1.807, 2.05) is 19.1 Å². The number of benzene rings is 2. The Kier molecular flexibility index (Phi) is 8.60. The standard InChI is InChI=1S/C26H25ClFNO5/c1-16-14-18(4-6-19(16)27)26-24(32-2)11-7-20(29-26)22(31)9-8-21(30)17-5-10-23(34-13-12-28)25(15-17)33-3/h4-7,10-11,14-15H,8-9,12-13H2,1-3H3. The van der Waals surface area contributed by atoms with Crippen molar-refractivity contribution >= 4 is 23.2 Å². The number of halogens is 2. The van der Waals surface area contributed by atoms with Crippen LogP contribution in [0.2, 0.25) is 5.02 Å². The lowest BCUT2D eigenvalue weighted by molar-refractivity contribution is 0.0915. The van der Waals surface area contributed by atoms with Crippen molar-refractivity contribution in [1.29, 1.82) is 0 Å². The van der Waals surface area contributed by atoms with E-state index in [1.54, 1.807) is 30.3 Å². The van der Waals surface area contributed by atoms with Gasteiger partial charge in [-0.25, -0.2) is 9.37 Å². The molecule has 0 saturated heterocycles. The van der Waals surface area contributed by atoms with Gasteiger partial charge in [-0.3, -0.25) is 9.59 Å². The fourth-order valence-corrected chi connectivity index (χ4v) is 3.49. The molecule has 0 saturated carbocycles. The molecule has 3 aromatic rings. The molecule has 0 bridgehead atoms. The lowest BCUT2D eigenvalue weighted by atomic mass is 10.0. The number of hydrogen-bond acceptors (Lipinski definition) is 6. The number of Topliss-reactive ketones (excluding diaryl/α,β-unsaturated/α-hetero) is 2. The highest BCUT2D eigenvalue weighted by Gasteiger charge is 2.17. The lowest BCUT2D eigenvalue weighted by Crippen LogP contribution is -2.08. The normalized spacial score (nSPS) is 10.6. The predicted molar refractivity (Wildman–Crippen MR) is 128 cm³/mol. The maximum atomic E-state index is 12.8. The average Bonchev–Trinajstić information content (AvgIpc) is 2.86. The maximum Gasteiger partial charge on any atom is 0.181 e. The Morgan fingerprint density at radius 1 is 0.912 bits per heavy atom. The summed E-state index contributed by atoms with van der Waals surface area (Å²) in [5, 5.41) is 0.632. The van der Waals surface area contributed by atoms with Gasteiger partial charge in [0.25, 0.3) is 0 Å². The van der Waals surface area contributed by atoms with Gasteiger partial charge in [0.15, 0.2) is 23.1 Å². The number of ketones is 2. The van der Waals surface area contributed by atoms with Crippen molar-refractivity contribution < 1.29 is 28.2 Å². The Labute approximate surface area is 202 Å². The van der Waals surface area contributed by atoms with Gasteiger partial charge in [-0.1, -0.05) is 17.7 Å². The molecule has 1 aromatic heterocycles. The molecule has 0 amide bonds. The third-order valence-electron chi connectivity index (χ3n) is 5.19. The van der Waals surface area contributed by atoms with Crippen LogP contribution in [0.1, 0.15) is 39.3 Å². The van der Waals surface area contributed by atoms with Crippen LogP contribution in [0.4, 0.5) is 4.39 Å². The SMILES string of the molecule is COc1cc(C(=O)CCC(=O)c2ccc(OC)c(-c3ccc(Cl)c(C)c3)n2)ccc1OCCF. The molecule has 0 N–H and O–H groups in total. The molecule has 0 atom stereocenters. The Morgan fingerprint density at radius 3 is 2.29 bits per heavy atom. The van der Waals surface area contributed by atoms with Crippen molar-refractivity contribution in [2.75, 3.05) is 27.5 Å². The van der Waals surface area contributed by atoms with Crippen LogP contribution in [0.15, 0.2) is 48.5 Å². The quantitative estimate of drug-likeness (QED) is 0.314. The molecule has 0 unspecified atom stereocenters. The van der Waals surface area contributed by atoms with Crippen LogP contribution in [0.3, 0.4) is 0 Å². The van der Waals surface area contributed by atoms with Crippen LogP contribution in [-0.4, -0.2) is 44.1 Å².